The predicted octanol–water partition coefficient (Wildman–Crippen LogP) is 4.82. The molecule has 2 aromatic carbocycles. The number of hydrogen-bond acceptors (Lipinski definition) is 4. The van der Waals surface area contributed by atoms with Crippen LogP contribution in [0.25, 0.3) is 16.8 Å². The molecule has 1 N–H and O–H groups in total. The Morgan fingerprint density at radius 1 is 1.11 bits per heavy atom. The summed E-state index contributed by atoms with van der Waals surface area (Å²) in [6, 6.07) is 16.3. The molecule has 6 nitrogen and oxygen atoms in total. The van der Waals surface area contributed by atoms with Gasteiger partial charge >= 0.3 is 6.18 Å². The summed E-state index contributed by atoms with van der Waals surface area (Å²) in [6.45, 7) is 2.95. The van der Waals surface area contributed by atoms with Crippen molar-refractivity contribution in [1.29, 1.82) is 0 Å². The van der Waals surface area contributed by atoms with Crippen LogP contribution in [0.1, 0.15) is 30.2 Å². The second-order valence-electron chi connectivity index (χ2n) is 9.23. The number of carbonyl (C=O) groups excluding carboxylic acids is 1. The molecule has 3 heterocycles. The van der Waals surface area contributed by atoms with Crippen LogP contribution in [0.15, 0.2) is 73.1 Å². The van der Waals surface area contributed by atoms with Crippen molar-refractivity contribution < 1.29 is 22.7 Å². The Morgan fingerprint density at radius 3 is 2.53 bits per heavy atom. The molecule has 186 valence electrons. The van der Waals surface area contributed by atoms with E-state index in [1.165, 1.54) is 12.1 Å². The number of amides is 1. The monoisotopic (exact) mass is 494 g/mol. The third kappa shape index (κ3) is 4.58. The van der Waals surface area contributed by atoms with E-state index in [0.29, 0.717) is 42.1 Å². The van der Waals surface area contributed by atoms with Crippen LogP contribution in [0.2, 0.25) is 0 Å². The zero-order valence-corrected chi connectivity index (χ0v) is 19.6. The minimum atomic E-state index is -4.41. The maximum absolute atomic E-state index is 13.7. The maximum atomic E-state index is 13.7. The fourth-order valence-electron chi connectivity index (χ4n) is 4.64. The Balaban J connectivity index is 1.57. The van der Waals surface area contributed by atoms with Gasteiger partial charge in [0.25, 0.3) is 0 Å². The van der Waals surface area contributed by atoms with Gasteiger partial charge in [0.1, 0.15) is 0 Å². The van der Waals surface area contributed by atoms with Gasteiger partial charge in [0.05, 0.1) is 35.5 Å². The zero-order valence-electron chi connectivity index (χ0n) is 19.6. The number of ether oxygens (including phenoxy) is 1. The smallest absolute Gasteiger partial charge is 0.379 e. The molecule has 2 unspecified atom stereocenters. The Kier molecular flexibility index (Phi) is 6.26. The molecule has 36 heavy (non-hydrogen) atoms. The molecule has 1 amide bonds. The molecule has 0 radical (unpaired) electrons. The van der Waals surface area contributed by atoms with Crippen molar-refractivity contribution in [3.63, 3.8) is 0 Å². The van der Waals surface area contributed by atoms with E-state index in [0.717, 1.165) is 24.1 Å². The molecule has 1 fully saturated rings. The summed E-state index contributed by atoms with van der Waals surface area (Å²) < 4.78 is 46.1. The van der Waals surface area contributed by atoms with Crippen LogP contribution in [0.3, 0.4) is 0 Å². The van der Waals surface area contributed by atoms with Crippen LogP contribution in [-0.2, 0) is 27.5 Å². The van der Waals surface area contributed by atoms with Gasteiger partial charge in [0, 0.05) is 18.4 Å². The van der Waals surface area contributed by atoms with Crippen molar-refractivity contribution >= 4 is 11.6 Å². The first-order valence-electron chi connectivity index (χ1n) is 11.7. The topological polar surface area (TPSA) is 68.5 Å². The first kappa shape index (κ1) is 24.0. The van der Waals surface area contributed by atoms with Crippen LogP contribution in [0, 0.1) is 0 Å². The highest BCUT2D eigenvalue weighted by Gasteiger charge is 2.39. The van der Waals surface area contributed by atoms with E-state index < -0.39 is 17.2 Å². The molecule has 1 aliphatic rings. The van der Waals surface area contributed by atoms with Gasteiger partial charge in [-0.15, -0.1) is 0 Å². The van der Waals surface area contributed by atoms with Gasteiger partial charge in [-0.25, -0.2) is 9.50 Å². The van der Waals surface area contributed by atoms with Crippen molar-refractivity contribution in [3.05, 3.63) is 89.9 Å². The third-order valence-electron chi connectivity index (χ3n) is 6.66. The van der Waals surface area contributed by atoms with Crippen LogP contribution in [0.4, 0.5) is 13.2 Å². The lowest BCUT2D eigenvalue weighted by molar-refractivity contribution is -0.137. The van der Waals surface area contributed by atoms with Gasteiger partial charge in [-0.2, -0.15) is 18.3 Å². The minimum Gasteiger partial charge on any atom is -0.379 e. The second kappa shape index (κ2) is 9.39. The molecule has 0 aliphatic carbocycles. The summed E-state index contributed by atoms with van der Waals surface area (Å²) in [5.41, 5.74) is 1.48. The summed E-state index contributed by atoms with van der Waals surface area (Å²) in [5, 5.41) is 7.65. The molecule has 5 rings (SSSR count). The van der Waals surface area contributed by atoms with Crippen molar-refractivity contribution in [1.82, 2.24) is 19.9 Å². The molecule has 1 aliphatic heterocycles. The molecule has 0 saturated carbocycles. The van der Waals surface area contributed by atoms with Crippen molar-refractivity contribution in [2.24, 2.45) is 0 Å². The van der Waals surface area contributed by atoms with Crippen molar-refractivity contribution in [2.75, 3.05) is 13.2 Å². The van der Waals surface area contributed by atoms with Gasteiger partial charge in [-0.1, -0.05) is 42.5 Å². The first-order valence-corrected chi connectivity index (χ1v) is 11.7. The van der Waals surface area contributed by atoms with E-state index >= 15 is 0 Å². The number of nitrogens with zero attached hydrogens (tertiary/aromatic N) is 3. The molecular formula is C27H25F3N4O2. The number of fused-ring (bicyclic) bond motifs is 1. The number of benzene rings is 2. The summed E-state index contributed by atoms with van der Waals surface area (Å²) in [5.74, 6) is -0.152. The number of halogens is 3. The fourth-order valence-corrected chi connectivity index (χ4v) is 4.64. The van der Waals surface area contributed by atoms with E-state index in [2.05, 4.69) is 15.4 Å². The quantitative estimate of drug-likeness (QED) is 0.417. The summed E-state index contributed by atoms with van der Waals surface area (Å²) in [7, 11) is 0. The molecular weight excluding hydrogens is 469 g/mol. The minimum absolute atomic E-state index is 0.0646. The number of aromatic nitrogens is 3. The van der Waals surface area contributed by atoms with Crippen LogP contribution < -0.4 is 5.32 Å². The van der Waals surface area contributed by atoms with Gasteiger partial charge in [-0.05, 0) is 49.1 Å². The number of alkyl halides is 3. The lowest BCUT2D eigenvalue weighted by atomic mass is 9.79. The van der Waals surface area contributed by atoms with E-state index in [1.54, 1.807) is 23.0 Å². The van der Waals surface area contributed by atoms with Gasteiger partial charge in [0.15, 0.2) is 5.65 Å². The van der Waals surface area contributed by atoms with Crippen LogP contribution >= 0.6 is 0 Å². The molecule has 0 bridgehead atoms. The zero-order chi connectivity index (χ0) is 25.3. The van der Waals surface area contributed by atoms with E-state index in [-0.39, 0.29) is 11.9 Å². The fraction of sp³-hybridized carbons (Fsp3) is 0.296. The predicted molar refractivity (Wildman–Crippen MR) is 128 cm³/mol. The Hall–Kier alpha value is -3.72. The molecule has 2 atom stereocenters. The lowest BCUT2D eigenvalue weighted by Gasteiger charge is -2.30. The lowest BCUT2D eigenvalue weighted by Crippen LogP contribution is -2.49. The molecule has 4 aromatic rings. The number of nitrogens with one attached hydrogen (secondary N) is 1. The largest absolute Gasteiger partial charge is 0.416 e. The average Bonchev–Trinajstić information content (AvgIpc) is 3.54. The van der Waals surface area contributed by atoms with Crippen LogP contribution in [-0.4, -0.2) is 39.8 Å². The molecule has 9 heteroatoms. The summed E-state index contributed by atoms with van der Waals surface area (Å²) >= 11 is 0. The van der Waals surface area contributed by atoms with Crippen molar-refractivity contribution in [3.8, 4) is 11.1 Å². The second-order valence-corrected chi connectivity index (χ2v) is 9.23. The average molecular weight is 495 g/mol. The molecule has 2 aromatic heterocycles. The first-order chi connectivity index (χ1) is 17.3. The highest BCUT2D eigenvalue weighted by atomic mass is 19.4. The summed E-state index contributed by atoms with van der Waals surface area (Å²) in [6.07, 6.45) is -0.0716. The number of rotatable bonds is 6. The van der Waals surface area contributed by atoms with Crippen LogP contribution in [0.5, 0.6) is 0 Å². The van der Waals surface area contributed by atoms with Crippen molar-refractivity contribution in [2.45, 2.75) is 37.4 Å². The van der Waals surface area contributed by atoms with Gasteiger partial charge in [-0.3, -0.25) is 4.79 Å². The SMILES string of the molecule is CC(Cc1ccccc1)(C(=O)NC1CCOC1)c1ccnc2c(-c3ccc(C(F)(F)F)cc3)cnn12. The molecule has 1 saturated heterocycles. The summed E-state index contributed by atoms with van der Waals surface area (Å²) in [4.78, 5) is 18.2. The number of hydrogen-bond donors (Lipinski definition) is 1. The van der Waals surface area contributed by atoms with Gasteiger partial charge < -0.3 is 10.1 Å². The maximum Gasteiger partial charge on any atom is 0.416 e. The highest BCUT2D eigenvalue weighted by molar-refractivity contribution is 5.88. The van der Waals surface area contributed by atoms with E-state index in [9.17, 15) is 18.0 Å². The third-order valence-corrected chi connectivity index (χ3v) is 6.66. The normalized spacial score (nSPS) is 17.7. The Bertz CT molecular complexity index is 1360. The Morgan fingerprint density at radius 2 is 1.86 bits per heavy atom. The molecule has 0 spiro atoms. The van der Waals surface area contributed by atoms with E-state index in [1.807, 2.05) is 37.3 Å². The number of carbonyl (C=O) groups is 1. The van der Waals surface area contributed by atoms with E-state index in [4.69, 9.17) is 4.74 Å². The highest BCUT2D eigenvalue weighted by Crippen LogP contribution is 2.34. The standard InChI is InChI=1S/C27H25F3N4O2/c1-26(15-18-5-3-2-4-6-18,25(35)33-21-12-14-36-17-21)23-11-13-31-24-22(16-32-34(23)24)19-7-9-20(10-8-19)27(28,29)30/h2-11,13,16,21H,12,14-15,17H2,1H3,(H,33,35). The Labute approximate surface area is 206 Å². The van der Waals surface area contributed by atoms with Gasteiger partial charge in [0.2, 0.25) is 5.91 Å².